The Balaban J connectivity index is 2.21. The maximum absolute atomic E-state index is 5.26. The lowest BCUT2D eigenvalue weighted by molar-refractivity contribution is 0.395. The van der Waals surface area contributed by atoms with Gasteiger partial charge in [0.1, 0.15) is 12.1 Å². The smallest absolute Gasteiger partial charge is 0.216 e. The number of hydrogen-bond acceptors (Lipinski definition) is 5. The van der Waals surface area contributed by atoms with Gasteiger partial charge >= 0.3 is 0 Å². The fourth-order valence-electron chi connectivity index (χ4n) is 2.10. The summed E-state index contributed by atoms with van der Waals surface area (Å²) in [7, 11) is 5.19. The predicted molar refractivity (Wildman–Crippen MR) is 84.8 cm³/mol. The Morgan fingerprint density at radius 3 is 2.62 bits per heavy atom. The van der Waals surface area contributed by atoms with E-state index in [9.17, 15) is 0 Å². The van der Waals surface area contributed by atoms with Gasteiger partial charge in [-0.2, -0.15) is 0 Å². The largest absolute Gasteiger partial charge is 0.496 e. The molecule has 1 atom stereocenters. The molecule has 1 aromatic carbocycles. The SMILES string of the molecule is CNC(Cc1cc(OC)ncn1)c1ccc(OC)c(Br)c1. The number of rotatable bonds is 6. The van der Waals surface area contributed by atoms with Gasteiger partial charge in [0.15, 0.2) is 0 Å². The summed E-state index contributed by atoms with van der Waals surface area (Å²) in [6.07, 6.45) is 2.26. The van der Waals surface area contributed by atoms with Crippen LogP contribution >= 0.6 is 15.9 Å². The molecule has 6 heteroatoms. The molecule has 0 saturated carbocycles. The van der Waals surface area contributed by atoms with Gasteiger partial charge in [-0.15, -0.1) is 0 Å². The number of ether oxygens (including phenoxy) is 2. The number of likely N-dealkylation sites (N-methyl/N-ethyl adjacent to an activating group) is 1. The average molecular weight is 352 g/mol. The van der Waals surface area contributed by atoms with Crippen LogP contribution in [0.4, 0.5) is 0 Å². The molecule has 1 aromatic heterocycles. The fourth-order valence-corrected chi connectivity index (χ4v) is 2.65. The lowest BCUT2D eigenvalue weighted by atomic mass is 10.0. The van der Waals surface area contributed by atoms with Crippen molar-refractivity contribution in [3.63, 3.8) is 0 Å². The van der Waals surface area contributed by atoms with E-state index in [4.69, 9.17) is 9.47 Å². The van der Waals surface area contributed by atoms with Gasteiger partial charge in [-0.05, 0) is 40.7 Å². The van der Waals surface area contributed by atoms with E-state index in [1.54, 1.807) is 14.2 Å². The third-order valence-electron chi connectivity index (χ3n) is 3.25. The Kier molecular flexibility index (Phi) is 5.52. The second kappa shape index (κ2) is 7.38. The van der Waals surface area contributed by atoms with Crippen LogP contribution in [0.15, 0.2) is 35.1 Å². The summed E-state index contributed by atoms with van der Waals surface area (Å²) in [4.78, 5) is 8.31. The van der Waals surface area contributed by atoms with Crippen molar-refractivity contribution in [2.45, 2.75) is 12.5 Å². The van der Waals surface area contributed by atoms with Gasteiger partial charge in [-0.1, -0.05) is 6.07 Å². The second-order valence-electron chi connectivity index (χ2n) is 4.49. The van der Waals surface area contributed by atoms with Gasteiger partial charge in [-0.25, -0.2) is 9.97 Å². The summed E-state index contributed by atoms with van der Waals surface area (Å²) in [6.45, 7) is 0. The maximum Gasteiger partial charge on any atom is 0.216 e. The van der Waals surface area contributed by atoms with Crippen molar-refractivity contribution >= 4 is 15.9 Å². The Morgan fingerprint density at radius 1 is 1.19 bits per heavy atom. The van der Waals surface area contributed by atoms with Crippen molar-refractivity contribution in [3.8, 4) is 11.6 Å². The number of benzene rings is 1. The van der Waals surface area contributed by atoms with Crippen LogP contribution in [-0.4, -0.2) is 31.2 Å². The molecule has 1 heterocycles. The molecule has 1 N–H and O–H groups in total. The molecule has 2 rings (SSSR count). The molecule has 0 aliphatic rings. The van der Waals surface area contributed by atoms with Crippen LogP contribution < -0.4 is 14.8 Å². The van der Waals surface area contributed by atoms with Crippen LogP contribution in [0.25, 0.3) is 0 Å². The summed E-state index contributed by atoms with van der Waals surface area (Å²) in [5, 5.41) is 3.31. The van der Waals surface area contributed by atoms with E-state index in [1.807, 2.05) is 25.2 Å². The number of hydrogen-bond donors (Lipinski definition) is 1. The minimum Gasteiger partial charge on any atom is -0.496 e. The number of halogens is 1. The van der Waals surface area contributed by atoms with Gasteiger partial charge in [0, 0.05) is 24.2 Å². The summed E-state index contributed by atoms with van der Waals surface area (Å²) < 4.78 is 11.3. The summed E-state index contributed by atoms with van der Waals surface area (Å²) in [6, 6.07) is 8.04. The molecule has 0 bridgehead atoms. The molecule has 2 aromatic rings. The molecule has 5 nitrogen and oxygen atoms in total. The van der Waals surface area contributed by atoms with Crippen molar-refractivity contribution in [2.75, 3.05) is 21.3 Å². The minimum atomic E-state index is 0.145. The van der Waals surface area contributed by atoms with E-state index < -0.39 is 0 Å². The van der Waals surface area contributed by atoms with E-state index in [2.05, 4.69) is 37.3 Å². The first kappa shape index (κ1) is 15.7. The lowest BCUT2D eigenvalue weighted by Crippen LogP contribution is -2.19. The normalized spacial score (nSPS) is 12.0. The summed E-state index contributed by atoms with van der Waals surface area (Å²) in [5.74, 6) is 1.39. The van der Waals surface area contributed by atoms with Gasteiger partial charge in [0.25, 0.3) is 0 Å². The number of methoxy groups -OCH3 is 2. The summed E-state index contributed by atoms with van der Waals surface area (Å²) in [5.41, 5.74) is 2.08. The number of aromatic nitrogens is 2. The van der Waals surface area contributed by atoms with Gasteiger partial charge in [0.05, 0.1) is 18.7 Å². The molecular formula is C15H18BrN3O2. The first-order chi connectivity index (χ1) is 10.2. The van der Waals surface area contributed by atoms with Crippen molar-refractivity contribution in [3.05, 3.63) is 46.3 Å². The molecule has 0 fully saturated rings. The zero-order chi connectivity index (χ0) is 15.2. The van der Waals surface area contributed by atoms with Crippen LogP contribution in [0.2, 0.25) is 0 Å². The first-order valence-electron chi connectivity index (χ1n) is 6.53. The zero-order valence-electron chi connectivity index (χ0n) is 12.3. The van der Waals surface area contributed by atoms with Crippen LogP contribution in [-0.2, 0) is 6.42 Å². The highest BCUT2D eigenvalue weighted by Gasteiger charge is 2.13. The summed E-state index contributed by atoms with van der Waals surface area (Å²) >= 11 is 3.51. The zero-order valence-corrected chi connectivity index (χ0v) is 13.8. The monoisotopic (exact) mass is 351 g/mol. The molecule has 0 amide bonds. The Bertz CT molecular complexity index is 607. The van der Waals surface area contributed by atoms with Crippen molar-refractivity contribution in [2.24, 2.45) is 0 Å². The van der Waals surface area contributed by atoms with E-state index in [0.29, 0.717) is 5.88 Å². The van der Waals surface area contributed by atoms with E-state index >= 15 is 0 Å². The highest BCUT2D eigenvalue weighted by molar-refractivity contribution is 9.10. The van der Waals surface area contributed by atoms with Gasteiger partial charge in [-0.3, -0.25) is 0 Å². The Hall–Kier alpha value is -1.66. The molecule has 21 heavy (non-hydrogen) atoms. The molecule has 0 saturated heterocycles. The maximum atomic E-state index is 5.26. The van der Waals surface area contributed by atoms with E-state index in [-0.39, 0.29) is 6.04 Å². The van der Waals surface area contributed by atoms with E-state index in [0.717, 1.165) is 27.9 Å². The highest BCUT2D eigenvalue weighted by Crippen LogP contribution is 2.29. The van der Waals surface area contributed by atoms with Crippen LogP contribution in [0.1, 0.15) is 17.3 Å². The molecule has 0 radical (unpaired) electrons. The number of nitrogens with zero attached hydrogens (tertiary/aromatic N) is 2. The molecule has 0 aliphatic carbocycles. The topological polar surface area (TPSA) is 56.3 Å². The third kappa shape index (κ3) is 3.92. The van der Waals surface area contributed by atoms with Crippen molar-refractivity contribution in [1.82, 2.24) is 15.3 Å². The molecular weight excluding hydrogens is 334 g/mol. The lowest BCUT2D eigenvalue weighted by Gasteiger charge is -2.17. The van der Waals surface area contributed by atoms with Crippen LogP contribution in [0, 0.1) is 0 Å². The Morgan fingerprint density at radius 2 is 2.00 bits per heavy atom. The molecule has 0 spiro atoms. The van der Waals surface area contributed by atoms with Crippen LogP contribution in [0.5, 0.6) is 11.6 Å². The van der Waals surface area contributed by atoms with Gasteiger partial charge < -0.3 is 14.8 Å². The Labute approximate surface area is 132 Å². The van der Waals surface area contributed by atoms with Crippen LogP contribution in [0.3, 0.4) is 0 Å². The fraction of sp³-hybridized carbons (Fsp3) is 0.333. The van der Waals surface area contributed by atoms with Gasteiger partial charge in [0.2, 0.25) is 5.88 Å². The second-order valence-corrected chi connectivity index (χ2v) is 5.35. The first-order valence-corrected chi connectivity index (χ1v) is 7.32. The molecule has 112 valence electrons. The average Bonchev–Trinajstić information content (AvgIpc) is 2.52. The standard InChI is InChI=1S/C15H18BrN3O2/c1-17-13(7-11-8-15(21-3)19-9-18-11)10-4-5-14(20-2)12(16)6-10/h4-6,8-9,13,17H,7H2,1-3H3. The molecule has 1 unspecified atom stereocenters. The third-order valence-corrected chi connectivity index (χ3v) is 3.87. The molecule has 0 aliphatic heterocycles. The van der Waals surface area contributed by atoms with Crippen molar-refractivity contribution in [1.29, 1.82) is 0 Å². The predicted octanol–water partition coefficient (Wildman–Crippen LogP) is 2.76. The van der Waals surface area contributed by atoms with E-state index in [1.165, 1.54) is 6.33 Å². The minimum absolute atomic E-state index is 0.145. The van der Waals surface area contributed by atoms with Crippen molar-refractivity contribution < 1.29 is 9.47 Å². The quantitative estimate of drug-likeness (QED) is 0.867. The highest BCUT2D eigenvalue weighted by atomic mass is 79.9. The number of nitrogens with one attached hydrogen (secondary N) is 1.